The Balaban J connectivity index is 2.22. The molecule has 100 valence electrons. The van der Waals surface area contributed by atoms with Crippen LogP contribution < -0.4 is 4.74 Å². The minimum Gasteiger partial charge on any atom is -0.495 e. The number of fused-ring (bicyclic) bond motifs is 1. The van der Waals surface area contributed by atoms with E-state index in [0.29, 0.717) is 16.8 Å². The van der Waals surface area contributed by atoms with Crippen molar-refractivity contribution in [2.24, 2.45) is 0 Å². The van der Waals surface area contributed by atoms with Gasteiger partial charge in [-0.1, -0.05) is 0 Å². The summed E-state index contributed by atoms with van der Waals surface area (Å²) in [6, 6.07) is 5.02. The van der Waals surface area contributed by atoms with E-state index in [1.807, 2.05) is 6.07 Å². The molecule has 1 N–H and O–H groups in total. The topological polar surface area (TPSA) is 77.2 Å². The number of aromatic nitrogens is 3. The molecule has 0 saturated heterocycles. The van der Waals surface area contributed by atoms with Crippen molar-refractivity contribution in [1.29, 1.82) is 0 Å². The number of carboxylic acids is 1. The maximum atomic E-state index is 11.2. The average Bonchev–Trinajstić information content (AvgIpc) is 2.91. The fourth-order valence-electron chi connectivity index (χ4n) is 2.08. The molecular formula is C14H11N3O3. The van der Waals surface area contributed by atoms with Crippen LogP contribution in [0.3, 0.4) is 0 Å². The van der Waals surface area contributed by atoms with Crippen LogP contribution in [0.1, 0.15) is 10.4 Å². The van der Waals surface area contributed by atoms with E-state index in [9.17, 15) is 9.90 Å². The second kappa shape index (κ2) is 4.65. The van der Waals surface area contributed by atoms with Crippen LogP contribution in [0.5, 0.6) is 5.75 Å². The molecule has 0 radical (unpaired) electrons. The van der Waals surface area contributed by atoms with Crippen LogP contribution in [0.4, 0.5) is 0 Å². The van der Waals surface area contributed by atoms with Crippen LogP contribution >= 0.6 is 0 Å². The first kappa shape index (κ1) is 12.2. The van der Waals surface area contributed by atoms with Gasteiger partial charge in [0.2, 0.25) is 0 Å². The van der Waals surface area contributed by atoms with Gasteiger partial charge in [0.1, 0.15) is 11.4 Å². The molecule has 6 heteroatoms. The Morgan fingerprint density at radius 3 is 2.95 bits per heavy atom. The molecule has 6 nitrogen and oxygen atoms in total. The van der Waals surface area contributed by atoms with Crippen LogP contribution in [0, 0.1) is 0 Å². The monoisotopic (exact) mass is 269 g/mol. The highest BCUT2D eigenvalue weighted by Crippen LogP contribution is 2.23. The molecule has 0 saturated carbocycles. The molecule has 3 aromatic rings. The number of carboxylic acid groups (broad SMARTS) is 1. The van der Waals surface area contributed by atoms with Gasteiger partial charge >= 0.3 is 5.97 Å². The zero-order valence-electron chi connectivity index (χ0n) is 10.6. The summed E-state index contributed by atoms with van der Waals surface area (Å²) >= 11 is 0. The Labute approximate surface area is 114 Å². The minimum absolute atomic E-state index is 0.226. The van der Waals surface area contributed by atoms with Crippen molar-refractivity contribution in [3.8, 4) is 11.4 Å². The number of methoxy groups -OCH3 is 1. The average molecular weight is 269 g/mol. The van der Waals surface area contributed by atoms with E-state index in [1.165, 1.54) is 12.3 Å². The summed E-state index contributed by atoms with van der Waals surface area (Å²) in [5, 5.41) is 9.76. The molecule has 0 aromatic carbocycles. The Hall–Kier alpha value is -2.89. The molecule has 0 fully saturated rings. The van der Waals surface area contributed by atoms with Crippen LogP contribution in [-0.4, -0.2) is 32.7 Å². The molecule has 0 unspecified atom stereocenters. The predicted molar refractivity (Wildman–Crippen MR) is 72.4 cm³/mol. The number of carbonyl (C=O) groups is 1. The Kier molecular flexibility index (Phi) is 2.83. The number of rotatable bonds is 3. The normalized spacial score (nSPS) is 10.7. The lowest BCUT2D eigenvalue weighted by Crippen LogP contribution is -2.00. The summed E-state index contributed by atoms with van der Waals surface area (Å²) in [6.45, 7) is 0. The van der Waals surface area contributed by atoms with Gasteiger partial charge in [0, 0.05) is 23.8 Å². The van der Waals surface area contributed by atoms with Crippen molar-refractivity contribution in [2.45, 2.75) is 0 Å². The fourth-order valence-corrected chi connectivity index (χ4v) is 2.08. The van der Waals surface area contributed by atoms with Gasteiger partial charge in [0.15, 0.2) is 0 Å². The van der Waals surface area contributed by atoms with E-state index < -0.39 is 5.97 Å². The van der Waals surface area contributed by atoms with Crippen molar-refractivity contribution in [3.05, 3.63) is 48.5 Å². The van der Waals surface area contributed by atoms with Crippen LogP contribution in [-0.2, 0) is 0 Å². The molecule has 0 bridgehead atoms. The van der Waals surface area contributed by atoms with Crippen LogP contribution in [0.25, 0.3) is 16.7 Å². The first-order valence-electron chi connectivity index (χ1n) is 5.89. The van der Waals surface area contributed by atoms with Gasteiger partial charge in [-0.15, -0.1) is 0 Å². The standard InChI is InChI=1S/C14H11N3O3/c1-20-10-6-9(7-15-8-10)17-5-3-11-12(14(18)19)2-4-16-13(11)17/h2-8H,1H3,(H,18,19). The number of aromatic carboxylic acids is 1. The minimum atomic E-state index is -0.973. The second-order valence-electron chi connectivity index (χ2n) is 4.17. The quantitative estimate of drug-likeness (QED) is 0.788. The van der Waals surface area contributed by atoms with Gasteiger partial charge in [-0.3, -0.25) is 9.55 Å². The zero-order chi connectivity index (χ0) is 14.1. The van der Waals surface area contributed by atoms with Crippen molar-refractivity contribution in [2.75, 3.05) is 7.11 Å². The highest BCUT2D eigenvalue weighted by molar-refractivity contribution is 6.02. The van der Waals surface area contributed by atoms with Gasteiger partial charge in [0.05, 0.1) is 30.8 Å². The summed E-state index contributed by atoms with van der Waals surface area (Å²) in [7, 11) is 1.56. The Bertz CT molecular complexity index is 795. The Morgan fingerprint density at radius 1 is 1.35 bits per heavy atom. The molecule has 3 aromatic heterocycles. The SMILES string of the molecule is COc1cncc(-n2ccc3c(C(=O)O)ccnc32)c1. The van der Waals surface area contributed by atoms with Crippen LogP contribution in [0.15, 0.2) is 43.0 Å². The molecule has 0 aliphatic rings. The van der Waals surface area contributed by atoms with Gasteiger partial charge in [-0.2, -0.15) is 0 Å². The molecule has 0 spiro atoms. The summed E-state index contributed by atoms with van der Waals surface area (Å²) in [6.07, 6.45) is 6.51. The summed E-state index contributed by atoms with van der Waals surface area (Å²) < 4.78 is 6.91. The first-order valence-corrected chi connectivity index (χ1v) is 5.89. The number of hydrogen-bond acceptors (Lipinski definition) is 4. The van der Waals surface area contributed by atoms with Crippen molar-refractivity contribution in [1.82, 2.24) is 14.5 Å². The number of pyridine rings is 2. The van der Waals surface area contributed by atoms with E-state index in [0.717, 1.165) is 5.69 Å². The summed E-state index contributed by atoms with van der Waals surface area (Å²) in [4.78, 5) is 19.5. The smallest absolute Gasteiger partial charge is 0.336 e. The lowest BCUT2D eigenvalue weighted by molar-refractivity contribution is 0.0699. The first-order chi connectivity index (χ1) is 9.70. The van der Waals surface area contributed by atoms with Crippen molar-refractivity contribution >= 4 is 17.0 Å². The van der Waals surface area contributed by atoms with Gasteiger partial charge < -0.3 is 9.84 Å². The number of ether oxygens (including phenoxy) is 1. The van der Waals surface area contributed by atoms with Crippen molar-refractivity contribution < 1.29 is 14.6 Å². The molecule has 3 rings (SSSR count). The van der Waals surface area contributed by atoms with E-state index in [-0.39, 0.29) is 5.56 Å². The summed E-state index contributed by atoms with van der Waals surface area (Å²) in [5.41, 5.74) is 1.55. The van der Waals surface area contributed by atoms with Gasteiger partial charge in [-0.25, -0.2) is 9.78 Å². The lowest BCUT2D eigenvalue weighted by atomic mass is 10.2. The Morgan fingerprint density at radius 2 is 2.20 bits per heavy atom. The van der Waals surface area contributed by atoms with Crippen LogP contribution in [0.2, 0.25) is 0 Å². The summed E-state index contributed by atoms with van der Waals surface area (Å²) in [5.74, 6) is -0.349. The third-order valence-electron chi connectivity index (χ3n) is 3.03. The van der Waals surface area contributed by atoms with Gasteiger partial charge in [-0.05, 0) is 12.1 Å². The third kappa shape index (κ3) is 1.87. The molecular weight excluding hydrogens is 258 g/mol. The van der Waals surface area contributed by atoms with E-state index in [1.54, 1.807) is 36.3 Å². The van der Waals surface area contributed by atoms with E-state index in [2.05, 4.69) is 9.97 Å². The number of hydrogen-bond donors (Lipinski definition) is 1. The lowest BCUT2D eigenvalue weighted by Gasteiger charge is -2.06. The molecule has 20 heavy (non-hydrogen) atoms. The number of nitrogens with zero attached hydrogens (tertiary/aromatic N) is 3. The maximum absolute atomic E-state index is 11.2. The molecule has 0 aliphatic heterocycles. The highest BCUT2D eigenvalue weighted by atomic mass is 16.5. The van der Waals surface area contributed by atoms with Crippen molar-refractivity contribution in [3.63, 3.8) is 0 Å². The fraction of sp³-hybridized carbons (Fsp3) is 0.0714. The van der Waals surface area contributed by atoms with E-state index >= 15 is 0 Å². The zero-order valence-corrected chi connectivity index (χ0v) is 10.6. The maximum Gasteiger partial charge on any atom is 0.336 e. The molecule has 0 atom stereocenters. The largest absolute Gasteiger partial charge is 0.495 e. The molecule has 0 amide bonds. The van der Waals surface area contributed by atoms with Gasteiger partial charge in [0.25, 0.3) is 0 Å². The highest BCUT2D eigenvalue weighted by Gasteiger charge is 2.13. The second-order valence-corrected chi connectivity index (χ2v) is 4.17. The predicted octanol–water partition coefficient (Wildman–Crippen LogP) is 2.13. The third-order valence-corrected chi connectivity index (χ3v) is 3.03. The van der Waals surface area contributed by atoms with E-state index in [4.69, 9.17) is 4.74 Å². The molecule has 0 aliphatic carbocycles. The molecule has 3 heterocycles.